The van der Waals surface area contributed by atoms with Crippen molar-refractivity contribution < 1.29 is 0 Å². The average Bonchev–Trinajstić information content (AvgIpc) is 2.52. The van der Waals surface area contributed by atoms with Crippen molar-refractivity contribution in [3.63, 3.8) is 0 Å². The molecule has 3 nitrogen and oxygen atoms in total. The van der Waals surface area contributed by atoms with Crippen LogP contribution in [-0.2, 0) is 0 Å². The Kier molecular flexibility index (Phi) is 4.16. The lowest BCUT2D eigenvalue weighted by Crippen LogP contribution is -2.46. The molecule has 3 heteroatoms. The lowest BCUT2D eigenvalue weighted by molar-refractivity contribution is 0.422. The molecule has 2 heterocycles. The molecule has 20 heavy (non-hydrogen) atoms. The van der Waals surface area contributed by atoms with Gasteiger partial charge in [-0.15, -0.1) is 0 Å². The quantitative estimate of drug-likeness (QED) is 0.924. The van der Waals surface area contributed by atoms with Gasteiger partial charge in [0.1, 0.15) is 5.82 Å². The molecule has 1 atom stereocenters. The van der Waals surface area contributed by atoms with Crippen LogP contribution in [0.15, 0.2) is 36.5 Å². The van der Waals surface area contributed by atoms with Crippen molar-refractivity contribution in [2.75, 3.05) is 24.5 Å². The maximum absolute atomic E-state index is 4.64. The molecule has 0 bridgehead atoms. The maximum Gasteiger partial charge on any atom is 0.136 e. The Morgan fingerprint density at radius 2 is 2.20 bits per heavy atom. The van der Waals surface area contributed by atoms with Gasteiger partial charge in [0.15, 0.2) is 0 Å². The highest BCUT2D eigenvalue weighted by Gasteiger charge is 2.21. The van der Waals surface area contributed by atoms with E-state index in [9.17, 15) is 0 Å². The van der Waals surface area contributed by atoms with E-state index in [1.54, 1.807) is 0 Å². The van der Waals surface area contributed by atoms with Crippen LogP contribution in [0.5, 0.6) is 0 Å². The van der Waals surface area contributed by atoms with Crippen LogP contribution in [0.25, 0.3) is 10.8 Å². The van der Waals surface area contributed by atoms with Gasteiger partial charge in [-0.25, -0.2) is 4.98 Å². The first-order chi connectivity index (χ1) is 9.88. The third-order valence-corrected chi connectivity index (χ3v) is 4.06. The molecule has 1 N–H and O–H groups in total. The molecule has 1 aromatic heterocycles. The Morgan fingerprint density at radius 1 is 1.30 bits per heavy atom. The Labute approximate surface area is 121 Å². The number of fused-ring (bicyclic) bond motifs is 1. The number of rotatable bonds is 4. The minimum absolute atomic E-state index is 0.601. The lowest BCUT2D eigenvalue weighted by atomic mass is 10.0. The van der Waals surface area contributed by atoms with Crippen LogP contribution in [-0.4, -0.2) is 30.7 Å². The van der Waals surface area contributed by atoms with Gasteiger partial charge in [0.05, 0.1) is 0 Å². The molecule has 0 radical (unpaired) electrons. The summed E-state index contributed by atoms with van der Waals surface area (Å²) in [6.45, 7) is 5.52. The van der Waals surface area contributed by atoms with Gasteiger partial charge in [-0.05, 0) is 37.3 Å². The molecular weight excluding hydrogens is 246 g/mol. The summed E-state index contributed by atoms with van der Waals surface area (Å²) in [4.78, 5) is 7.09. The van der Waals surface area contributed by atoms with Crippen molar-refractivity contribution in [2.24, 2.45) is 0 Å². The second-order valence-electron chi connectivity index (χ2n) is 5.59. The Hall–Kier alpha value is -1.61. The van der Waals surface area contributed by atoms with E-state index in [1.807, 2.05) is 6.20 Å². The highest BCUT2D eigenvalue weighted by Crippen LogP contribution is 2.26. The topological polar surface area (TPSA) is 28.2 Å². The normalized spacial score (nSPS) is 19.4. The molecule has 1 saturated heterocycles. The molecule has 2 aromatic rings. The van der Waals surface area contributed by atoms with E-state index in [2.05, 4.69) is 52.5 Å². The van der Waals surface area contributed by atoms with Crippen LogP contribution in [0.4, 0.5) is 5.82 Å². The van der Waals surface area contributed by atoms with Gasteiger partial charge in [-0.1, -0.05) is 31.2 Å². The Bertz CT molecular complexity index is 562. The first-order valence-corrected chi connectivity index (χ1v) is 7.70. The number of benzene rings is 1. The highest BCUT2D eigenvalue weighted by molar-refractivity contribution is 5.92. The largest absolute Gasteiger partial charge is 0.355 e. The molecule has 0 amide bonds. The summed E-state index contributed by atoms with van der Waals surface area (Å²) in [6.07, 6.45) is 5.65. The van der Waals surface area contributed by atoms with E-state index in [0.29, 0.717) is 6.04 Å². The number of hydrogen-bond donors (Lipinski definition) is 1. The van der Waals surface area contributed by atoms with E-state index < -0.39 is 0 Å². The standard InChI is InChI=1S/C17H23N3/c1-2-10-18-15-7-5-12-20(13-15)17-16-8-4-3-6-14(16)9-11-19-17/h3-4,6,8-9,11,15,18H,2,5,7,10,12-13H2,1H3. The summed E-state index contributed by atoms with van der Waals surface area (Å²) in [5.41, 5.74) is 0. The van der Waals surface area contributed by atoms with Gasteiger partial charge in [0, 0.05) is 30.7 Å². The molecule has 0 saturated carbocycles. The predicted molar refractivity (Wildman–Crippen MR) is 85.3 cm³/mol. The second kappa shape index (κ2) is 6.23. The number of piperidine rings is 1. The van der Waals surface area contributed by atoms with Gasteiger partial charge in [-0.3, -0.25) is 0 Å². The molecule has 1 aliphatic heterocycles. The summed E-state index contributed by atoms with van der Waals surface area (Å²) in [6, 6.07) is 11.2. The minimum Gasteiger partial charge on any atom is -0.355 e. The summed E-state index contributed by atoms with van der Waals surface area (Å²) >= 11 is 0. The third kappa shape index (κ3) is 2.78. The van der Waals surface area contributed by atoms with Crippen molar-refractivity contribution >= 4 is 16.6 Å². The van der Waals surface area contributed by atoms with Crippen molar-refractivity contribution in [2.45, 2.75) is 32.2 Å². The molecular formula is C17H23N3. The van der Waals surface area contributed by atoms with Gasteiger partial charge in [0.25, 0.3) is 0 Å². The van der Waals surface area contributed by atoms with Crippen LogP contribution in [0.3, 0.4) is 0 Å². The predicted octanol–water partition coefficient (Wildman–Crippen LogP) is 3.20. The van der Waals surface area contributed by atoms with E-state index in [4.69, 9.17) is 0 Å². The molecule has 1 unspecified atom stereocenters. The zero-order valence-corrected chi connectivity index (χ0v) is 12.2. The number of anilines is 1. The number of aromatic nitrogens is 1. The smallest absolute Gasteiger partial charge is 0.136 e. The Balaban J connectivity index is 1.83. The van der Waals surface area contributed by atoms with Crippen molar-refractivity contribution in [1.82, 2.24) is 10.3 Å². The molecule has 106 valence electrons. The fourth-order valence-electron chi connectivity index (χ4n) is 3.04. The van der Waals surface area contributed by atoms with Gasteiger partial charge in [-0.2, -0.15) is 0 Å². The average molecular weight is 269 g/mol. The maximum atomic E-state index is 4.64. The van der Waals surface area contributed by atoms with Crippen LogP contribution in [0.1, 0.15) is 26.2 Å². The first-order valence-electron chi connectivity index (χ1n) is 7.70. The second-order valence-corrected chi connectivity index (χ2v) is 5.59. The summed E-state index contributed by atoms with van der Waals surface area (Å²) in [5.74, 6) is 1.14. The van der Waals surface area contributed by atoms with E-state index >= 15 is 0 Å². The van der Waals surface area contributed by atoms with Crippen LogP contribution >= 0.6 is 0 Å². The van der Waals surface area contributed by atoms with Crippen LogP contribution in [0.2, 0.25) is 0 Å². The molecule has 1 aliphatic rings. The van der Waals surface area contributed by atoms with Gasteiger partial charge < -0.3 is 10.2 Å². The third-order valence-electron chi connectivity index (χ3n) is 4.06. The molecule has 0 aliphatic carbocycles. The Morgan fingerprint density at radius 3 is 3.10 bits per heavy atom. The van der Waals surface area contributed by atoms with E-state index in [0.717, 1.165) is 25.5 Å². The zero-order chi connectivity index (χ0) is 13.8. The van der Waals surface area contributed by atoms with Gasteiger partial charge >= 0.3 is 0 Å². The number of nitrogens with zero attached hydrogens (tertiary/aromatic N) is 2. The number of nitrogens with one attached hydrogen (secondary N) is 1. The van der Waals surface area contributed by atoms with Gasteiger partial charge in [0.2, 0.25) is 0 Å². The fraction of sp³-hybridized carbons (Fsp3) is 0.471. The number of pyridine rings is 1. The van der Waals surface area contributed by atoms with Crippen LogP contribution in [0, 0.1) is 0 Å². The molecule has 3 rings (SSSR count). The fourth-order valence-corrected chi connectivity index (χ4v) is 3.04. The summed E-state index contributed by atoms with van der Waals surface area (Å²) < 4.78 is 0. The van der Waals surface area contributed by atoms with E-state index in [-0.39, 0.29) is 0 Å². The molecule has 1 fully saturated rings. The molecule has 0 spiro atoms. The summed E-state index contributed by atoms with van der Waals surface area (Å²) in [7, 11) is 0. The monoisotopic (exact) mass is 269 g/mol. The highest BCUT2D eigenvalue weighted by atomic mass is 15.2. The minimum atomic E-state index is 0.601. The van der Waals surface area contributed by atoms with Crippen molar-refractivity contribution in [3.05, 3.63) is 36.5 Å². The zero-order valence-electron chi connectivity index (χ0n) is 12.2. The summed E-state index contributed by atoms with van der Waals surface area (Å²) in [5, 5.41) is 6.20. The first kappa shape index (κ1) is 13.4. The number of hydrogen-bond acceptors (Lipinski definition) is 3. The van der Waals surface area contributed by atoms with E-state index in [1.165, 1.54) is 30.0 Å². The molecule has 1 aromatic carbocycles. The van der Waals surface area contributed by atoms with Crippen molar-refractivity contribution in [3.8, 4) is 0 Å². The van der Waals surface area contributed by atoms with Crippen molar-refractivity contribution in [1.29, 1.82) is 0 Å². The van der Waals surface area contributed by atoms with Crippen LogP contribution < -0.4 is 10.2 Å². The SMILES string of the molecule is CCCNC1CCCN(c2nccc3ccccc23)C1. The lowest BCUT2D eigenvalue weighted by Gasteiger charge is -2.34.